The monoisotopic (exact) mass is 409 g/mol. The van der Waals surface area contributed by atoms with Crippen molar-refractivity contribution in [1.82, 2.24) is 5.32 Å². The average molecular weight is 410 g/mol. The number of hydrogen-bond acceptors (Lipinski definition) is 5. The van der Waals surface area contributed by atoms with Crippen molar-refractivity contribution in [2.45, 2.75) is 6.54 Å². The highest BCUT2D eigenvalue weighted by Gasteiger charge is 2.17. The van der Waals surface area contributed by atoms with Gasteiger partial charge in [-0.05, 0) is 29.8 Å². The van der Waals surface area contributed by atoms with E-state index in [4.69, 9.17) is 42.1 Å². The molecular formula is C20H21Cl2NO4. The third-order valence-corrected chi connectivity index (χ3v) is 4.75. The predicted molar refractivity (Wildman–Crippen MR) is 108 cm³/mol. The summed E-state index contributed by atoms with van der Waals surface area (Å²) in [5.41, 5.74) is 2.96. The molecule has 1 aliphatic heterocycles. The zero-order valence-electron chi connectivity index (χ0n) is 15.4. The van der Waals surface area contributed by atoms with E-state index in [0.717, 1.165) is 16.7 Å². The topological polar surface area (TPSA) is 49.0 Å². The molecule has 0 atom stereocenters. The Kier molecular flexibility index (Phi) is 6.37. The second-order valence-corrected chi connectivity index (χ2v) is 6.84. The molecule has 0 fully saturated rings. The third-order valence-electron chi connectivity index (χ3n) is 4.25. The molecule has 0 radical (unpaired) electrons. The first-order chi connectivity index (χ1) is 13.1. The fraction of sp³-hybridized carbons (Fsp3) is 0.300. The van der Waals surface area contributed by atoms with Gasteiger partial charge in [-0.2, -0.15) is 0 Å². The molecule has 0 aliphatic carbocycles. The molecule has 0 aromatic heterocycles. The van der Waals surface area contributed by atoms with Gasteiger partial charge in [-0.25, -0.2) is 0 Å². The molecule has 0 bridgehead atoms. The van der Waals surface area contributed by atoms with Crippen LogP contribution in [0.5, 0.6) is 23.0 Å². The van der Waals surface area contributed by atoms with Gasteiger partial charge in [0.2, 0.25) is 5.75 Å². The van der Waals surface area contributed by atoms with E-state index in [9.17, 15) is 0 Å². The van der Waals surface area contributed by atoms with Crippen molar-refractivity contribution in [2.24, 2.45) is 0 Å². The molecule has 1 heterocycles. The van der Waals surface area contributed by atoms with Crippen LogP contribution >= 0.6 is 23.2 Å². The summed E-state index contributed by atoms with van der Waals surface area (Å²) >= 11 is 12.3. The SMILES string of the molecule is COc1ccc(CNCC2=Cc3cc(Cl)cc(Cl)c3OC2)c(OC)c1OC. The lowest BCUT2D eigenvalue weighted by Crippen LogP contribution is -2.21. The van der Waals surface area contributed by atoms with E-state index >= 15 is 0 Å². The van der Waals surface area contributed by atoms with Crippen LogP contribution in [0.1, 0.15) is 11.1 Å². The molecule has 2 aromatic carbocycles. The quantitative estimate of drug-likeness (QED) is 0.724. The van der Waals surface area contributed by atoms with Gasteiger partial charge in [0.15, 0.2) is 11.5 Å². The summed E-state index contributed by atoms with van der Waals surface area (Å²) in [6.07, 6.45) is 2.05. The van der Waals surface area contributed by atoms with Crippen LogP contribution in [0.3, 0.4) is 0 Å². The molecule has 7 heteroatoms. The largest absolute Gasteiger partial charge is 0.493 e. The van der Waals surface area contributed by atoms with Gasteiger partial charge >= 0.3 is 0 Å². The maximum atomic E-state index is 6.18. The van der Waals surface area contributed by atoms with E-state index < -0.39 is 0 Å². The van der Waals surface area contributed by atoms with Gasteiger partial charge < -0.3 is 24.3 Å². The second kappa shape index (κ2) is 8.74. The summed E-state index contributed by atoms with van der Waals surface area (Å²) in [5.74, 6) is 2.54. The molecule has 3 rings (SSSR count). The first kappa shape index (κ1) is 19.7. The van der Waals surface area contributed by atoms with Crippen molar-refractivity contribution < 1.29 is 18.9 Å². The lowest BCUT2D eigenvalue weighted by Gasteiger charge is -2.20. The van der Waals surface area contributed by atoms with Crippen molar-refractivity contribution in [1.29, 1.82) is 0 Å². The Bertz CT molecular complexity index is 868. The van der Waals surface area contributed by atoms with Crippen LogP contribution in [0.4, 0.5) is 0 Å². The zero-order valence-corrected chi connectivity index (χ0v) is 16.9. The minimum Gasteiger partial charge on any atom is -0.493 e. The van der Waals surface area contributed by atoms with Crippen molar-refractivity contribution >= 4 is 29.3 Å². The van der Waals surface area contributed by atoms with Crippen molar-refractivity contribution in [3.05, 3.63) is 51.0 Å². The highest BCUT2D eigenvalue weighted by molar-refractivity contribution is 6.36. The fourth-order valence-corrected chi connectivity index (χ4v) is 3.59. The number of rotatable bonds is 7. The first-order valence-electron chi connectivity index (χ1n) is 8.37. The van der Waals surface area contributed by atoms with Crippen molar-refractivity contribution in [3.63, 3.8) is 0 Å². The normalized spacial score (nSPS) is 12.7. The number of hydrogen-bond donors (Lipinski definition) is 1. The molecule has 144 valence electrons. The summed E-state index contributed by atoms with van der Waals surface area (Å²) in [4.78, 5) is 0. The van der Waals surface area contributed by atoms with Crippen molar-refractivity contribution in [3.8, 4) is 23.0 Å². The van der Waals surface area contributed by atoms with E-state index in [1.807, 2.05) is 18.2 Å². The number of ether oxygens (including phenoxy) is 4. The lowest BCUT2D eigenvalue weighted by atomic mass is 10.1. The molecule has 1 aliphatic rings. The van der Waals surface area contributed by atoms with Crippen LogP contribution in [0.25, 0.3) is 6.08 Å². The van der Waals surface area contributed by atoms with Gasteiger partial charge in [0.25, 0.3) is 0 Å². The van der Waals surface area contributed by atoms with E-state index in [-0.39, 0.29) is 0 Å². The molecule has 0 unspecified atom stereocenters. The maximum absolute atomic E-state index is 6.18. The minimum absolute atomic E-state index is 0.477. The van der Waals surface area contributed by atoms with Crippen molar-refractivity contribution in [2.75, 3.05) is 34.5 Å². The second-order valence-electron chi connectivity index (χ2n) is 5.99. The smallest absolute Gasteiger partial charge is 0.203 e. The van der Waals surface area contributed by atoms with Gasteiger partial charge in [-0.1, -0.05) is 29.3 Å². The minimum atomic E-state index is 0.477. The van der Waals surface area contributed by atoms with Gasteiger partial charge in [-0.3, -0.25) is 0 Å². The lowest BCUT2D eigenvalue weighted by molar-refractivity contribution is 0.321. The van der Waals surface area contributed by atoms with Gasteiger partial charge in [0.05, 0.1) is 26.4 Å². The number of fused-ring (bicyclic) bond motifs is 1. The summed E-state index contributed by atoms with van der Waals surface area (Å²) in [6, 6.07) is 7.34. The molecule has 0 saturated heterocycles. The Hall–Kier alpha value is -2.08. The Balaban J connectivity index is 1.71. The number of halogens is 2. The Labute approximate surface area is 168 Å². The Morgan fingerprint density at radius 1 is 1.00 bits per heavy atom. The summed E-state index contributed by atoms with van der Waals surface area (Å²) < 4.78 is 22.0. The Morgan fingerprint density at radius 2 is 1.78 bits per heavy atom. The van der Waals surface area contributed by atoms with E-state index in [1.54, 1.807) is 27.4 Å². The number of nitrogens with one attached hydrogen (secondary N) is 1. The van der Waals surface area contributed by atoms with E-state index in [0.29, 0.717) is 52.7 Å². The van der Waals surface area contributed by atoms with Crippen LogP contribution < -0.4 is 24.3 Å². The predicted octanol–water partition coefficient (Wildman–Crippen LogP) is 4.58. The average Bonchev–Trinajstić information content (AvgIpc) is 2.66. The third kappa shape index (κ3) is 4.26. The molecule has 27 heavy (non-hydrogen) atoms. The zero-order chi connectivity index (χ0) is 19.4. The summed E-state index contributed by atoms with van der Waals surface area (Å²) in [6.45, 7) is 1.73. The standard InChI is InChI=1S/C20H21Cl2NO4/c1-24-17-5-4-13(19(25-2)20(17)26-3)10-23-9-12-6-14-7-15(21)8-16(22)18(14)27-11-12/h4-8,23H,9-11H2,1-3H3. The molecule has 0 spiro atoms. The van der Waals surface area contributed by atoms with Crippen LogP contribution in [0, 0.1) is 0 Å². The molecule has 0 saturated carbocycles. The first-order valence-corrected chi connectivity index (χ1v) is 9.12. The van der Waals surface area contributed by atoms with Gasteiger partial charge in [-0.15, -0.1) is 0 Å². The summed E-state index contributed by atoms with van der Waals surface area (Å²) in [5, 5.41) is 4.51. The Morgan fingerprint density at radius 3 is 2.48 bits per heavy atom. The summed E-state index contributed by atoms with van der Waals surface area (Å²) in [7, 11) is 4.80. The molecule has 2 aromatic rings. The number of methoxy groups -OCH3 is 3. The van der Waals surface area contributed by atoms with Crippen LogP contribution in [0.2, 0.25) is 10.0 Å². The fourth-order valence-electron chi connectivity index (χ4n) is 3.03. The van der Waals surface area contributed by atoms with Crippen LogP contribution in [-0.4, -0.2) is 34.5 Å². The molecule has 0 amide bonds. The van der Waals surface area contributed by atoms with Gasteiger partial charge in [0, 0.05) is 29.2 Å². The van der Waals surface area contributed by atoms with Crippen LogP contribution in [0.15, 0.2) is 29.8 Å². The molecular weight excluding hydrogens is 389 g/mol. The van der Waals surface area contributed by atoms with E-state index in [1.165, 1.54) is 0 Å². The molecule has 1 N–H and O–H groups in total. The highest BCUT2D eigenvalue weighted by atomic mass is 35.5. The van der Waals surface area contributed by atoms with Gasteiger partial charge in [0.1, 0.15) is 12.4 Å². The van der Waals surface area contributed by atoms with E-state index in [2.05, 4.69) is 11.4 Å². The van der Waals surface area contributed by atoms with Crippen LogP contribution in [-0.2, 0) is 6.54 Å². The number of benzene rings is 2. The maximum Gasteiger partial charge on any atom is 0.203 e. The highest BCUT2D eigenvalue weighted by Crippen LogP contribution is 2.40. The molecule has 5 nitrogen and oxygen atoms in total.